The summed E-state index contributed by atoms with van der Waals surface area (Å²) in [4.78, 5) is 12.8. The molecule has 0 radical (unpaired) electrons. The van der Waals surface area contributed by atoms with Gasteiger partial charge < -0.3 is 0 Å². The number of benzene rings is 2. The molecule has 0 aliphatic rings. The maximum Gasteiger partial charge on any atom is 0.416 e. The Morgan fingerprint density at radius 3 is 2.60 bits per heavy atom. The van der Waals surface area contributed by atoms with Crippen molar-refractivity contribution in [1.29, 1.82) is 0 Å². The van der Waals surface area contributed by atoms with Crippen molar-refractivity contribution in [2.75, 3.05) is 5.75 Å². The Morgan fingerprint density at radius 2 is 1.92 bits per heavy atom. The fourth-order valence-corrected chi connectivity index (χ4v) is 2.78. The SMILES string of the molecule is Cc1ccc(SCCC(=O)N/N=C\c2cccc(C(F)(F)F)c2)cc1. The molecule has 132 valence electrons. The number of alkyl halides is 3. The lowest BCUT2D eigenvalue weighted by molar-refractivity contribution is -0.137. The van der Waals surface area contributed by atoms with Crippen molar-refractivity contribution in [3.8, 4) is 0 Å². The Bertz CT molecular complexity index is 743. The van der Waals surface area contributed by atoms with E-state index in [1.54, 1.807) is 11.8 Å². The van der Waals surface area contributed by atoms with Crippen LogP contribution < -0.4 is 5.43 Å². The minimum atomic E-state index is -4.40. The molecule has 0 heterocycles. The maximum atomic E-state index is 12.6. The van der Waals surface area contributed by atoms with E-state index in [-0.39, 0.29) is 17.9 Å². The van der Waals surface area contributed by atoms with Crippen molar-refractivity contribution in [2.24, 2.45) is 5.10 Å². The molecule has 0 bridgehead atoms. The topological polar surface area (TPSA) is 41.5 Å². The first kappa shape index (κ1) is 19.1. The number of nitrogens with zero attached hydrogens (tertiary/aromatic N) is 1. The first-order valence-corrected chi connectivity index (χ1v) is 8.52. The predicted molar refractivity (Wildman–Crippen MR) is 93.7 cm³/mol. The first-order chi connectivity index (χ1) is 11.8. The lowest BCUT2D eigenvalue weighted by Crippen LogP contribution is -2.17. The van der Waals surface area contributed by atoms with Gasteiger partial charge in [-0.25, -0.2) is 5.43 Å². The van der Waals surface area contributed by atoms with Crippen molar-refractivity contribution < 1.29 is 18.0 Å². The zero-order chi connectivity index (χ0) is 18.3. The van der Waals surface area contributed by atoms with E-state index in [1.165, 1.54) is 23.9 Å². The number of halogens is 3. The van der Waals surface area contributed by atoms with Gasteiger partial charge >= 0.3 is 6.18 Å². The third-order valence-corrected chi connectivity index (χ3v) is 4.25. The van der Waals surface area contributed by atoms with Gasteiger partial charge in [-0.05, 0) is 36.8 Å². The third-order valence-electron chi connectivity index (χ3n) is 3.24. The predicted octanol–water partition coefficient (Wildman–Crippen LogP) is 4.65. The van der Waals surface area contributed by atoms with Gasteiger partial charge in [-0.2, -0.15) is 18.3 Å². The standard InChI is InChI=1S/C18H17F3N2OS/c1-13-5-7-16(8-6-13)25-10-9-17(24)23-22-12-14-3-2-4-15(11-14)18(19,20)21/h2-8,11-12H,9-10H2,1H3,(H,23,24)/b22-12-. The second-order valence-corrected chi connectivity index (χ2v) is 6.50. The van der Waals surface area contributed by atoms with Gasteiger partial charge in [0.15, 0.2) is 0 Å². The molecule has 7 heteroatoms. The second-order valence-electron chi connectivity index (χ2n) is 5.33. The van der Waals surface area contributed by atoms with Crippen molar-refractivity contribution in [1.82, 2.24) is 5.43 Å². The summed E-state index contributed by atoms with van der Waals surface area (Å²) >= 11 is 1.55. The Balaban J connectivity index is 1.77. The van der Waals surface area contributed by atoms with Crippen LogP contribution in [0.4, 0.5) is 13.2 Å². The number of nitrogens with one attached hydrogen (secondary N) is 1. The highest BCUT2D eigenvalue weighted by molar-refractivity contribution is 7.99. The number of carbonyl (C=O) groups is 1. The zero-order valence-electron chi connectivity index (χ0n) is 13.5. The van der Waals surface area contributed by atoms with Gasteiger partial charge in [0.25, 0.3) is 0 Å². The summed E-state index contributed by atoms with van der Waals surface area (Å²) in [5.74, 6) is 0.302. The van der Waals surface area contributed by atoms with Gasteiger partial charge in [-0.3, -0.25) is 4.79 Å². The summed E-state index contributed by atoms with van der Waals surface area (Å²) in [5.41, 5.74) is 3.01. The Hall–Kier alpha value is -2.28. The summed E-state index contributed by atoms with van der Waals surface area (Å²) in [5, 5.41) is 3.70. The molecule has 1 amide bonds. The minimum Gasteiger partial charge on any atom is -0.273 e. The van der Waals surface area contributed by atoms with Crippen LogP contribution in [-0.4, -0.2) is 17.9 Å². The molecule has 0 aromatic heterocycles. The van der Waals surface area contributed by atoms with Gasteiger partial charge in [0.2, 0.25) is 5.91 Å². The molecule has 0 saturated carbocycles. The van der Waals surface area contributed by atoms with E-state index in [0.29, 0.717) is 5.75 Å². The van der Waals surface area contributed by atoms with E-state index >= 15 is 0 Å². The molecule has 0 saturated heterocycles. The van der Waals surface area contributed by atoms with Crippen LogP contribution in [-0.2, 0) is 11.0 Å². The monoisotopic (exact) mass is 366 g/mol. The minimum absolute atomic E-state index is 0.262. The summed E-state index contributed by atoms with van der Waals surface area (Å²) in [6, 6.07) is 12.7. The average molecular weight is 366 g/mol. The average Bonchev–Trinajstić information content (AvgIpc) is 2.56. The van der Waals surface area contributed by atoms with Gasteiger partial charge in [0.1, 0.15) is 0 Å². The highest BCUT2D eigenvalue weighted by Crippen LogP contribution is 2.29. The summed E-state index contributed by atoms with van der Waals surface area (Å²) in [6.45, 7) is 2.00. The highest BCUT2D eigenvalue weighted by atomic mass is 32.2. The van der Waals surface area contributed by atoms with E-state index < -0.39 is 11.7 Å². The lowest BCUT2D eigenvalue weighted by atomic mass is 10.1. The molecule has 0 spiro atoms. The van der Waals surface area contributed by atoms with E-state index in [2.05, 4.69) is 10.5 Å². The zero-order valence-corrected chi connectivity index (χ0v) is 14.3. The molecule has 2 aromatic carbocycles. The normalized spacial score (nSPS) is 11.7. The molecule has 2 aromatic rings. The summed E-state index contributed by atoms with van der Waals surface area (Å²) in [6.07, 6.45) is -2.95. The summed E-state index contributed by atoms with van der Waals surface area (Å²) < 4.78 is 37.8. The third kappa shape index (κ3) is 6.62. The molecule has 1 N–H and O–H groups in total. The molecule has 3 nitrogen and oxygen atoms in total. The Labute approximate surface area is 148 Å². The maximum absolute atomic E-state index is 12.6. The van der Waals surface area contributed by atoms with Crippen molar-refractivity contribution >= 4 is 23.9 Å². The molecule has 0 unspecified atom stereocenters. The molecule has 0 aliphatic carbocycles. The van der Waals surface area contributed by atoms with Crippen LogP contribution in [0.5, 0.6) is 0 Å². The van der Waals surface area contributed by atoms with Crippen molar-refractivity contribution in [3.05, 3.63) is 65.2 Å². The number of hydrogen-bond acceptors (Lipinski definition) is 3. The first-order valence-electron chi connectivity index (χ1n) is 7.53. The number of hydrogen-bond donors (Lipinski definition) is 1. The smallest absolute Gasteiger partial charge is 0.273 e. The Kier molecular flexibility index (Phi) is 6.64. The van der Waals surface area contributed by atoms with E-state index in [4.69, 9.17) is 0 Å². The highest BCUT2D eigenvalue weighted by Gasteiger charge is 2.30. The van der Waals surface area contributed by atoms with E-state index in [0.717, 1.165) is 17.0 Å². The molecule has 0 atom stereocenters. The lowest BCUT2D eigenvalue weighted by Gasteiger charge is -2.06. The van der Waals surface area contributed by atoms with Gasteiger partial charge in [-0.1, -0.05) is 29.8 Å². The number of carbonyl (C=O) groups excluding carboxylic acids is 1. The number of thioether (sulfide) groups is 1. The fraction of sp³-hybridized carbons (Fsp3) is 0.222. The molecular weight excluding hydrogens is 349 g/mol. The second kappa shape index (κ2) is 8.71. The van der Waals surface area contributed by atoms with Crippen LogP contribution in [0.15, 0.2) is 58.5 Å². The van der Waals surface area contributed by atoms with Crippen LogP contribution in [0.3, 0.4) is 0 Å². The molecule has 25 heavy (non-hydrogen) atoms. The Morgan fingerprint density at radius 1 is 1.20 bits per heavy atom. The van der Waals surface area contributed by atoms with E-state index in [9.17, 15) is 18.0 Å². The summed E-state index contributed by atoms with van der Waals surface area (Å²) in [7, 11) is 0. The number of rotatable bonds is 6. The quantitative estimate of drug-likeness (QED) is 0.459. The van der Waals surface area contributed by atoms with E-state index in [1.807, 2.05) is 31.2 Å². The van der Waals surface area contributed by atoms with Crippen molar-refractivity contribution in [2.45, 2.75) is 24.4 Å². The molecular formula is C18H17F3N2OS. The molecule has 2 rings (SSSR count). The number of amides is 1. The van der Waals surface area contributed by atoms with Crippen LogP contribution in [0.1, 0.15) is 23.1 Å². The van der Waals surface area contributed by atoms with Crippen LogP contribution in [0.25, 0.3) is 0 Å². The van der Waals surface area contributed by atoms with Crippen LogP contribution >= 0.6 is 11.8 Å². The number of hydrazone groups is 1. The number of aryl methyl sites for hydroxylation is 1. The van der Waals surface area contributed by atoms with Gasteiger partial charge in [-0.15, -0.1) is 11.8 Å². The van der Waals surface area contributed by atoms with Gasteiger partial charge in [0, 0.05) is 17.1 Å². The fourth-order valence-electron chi connectivity index (χ4n) is 1.93. The molecule has 0 aliphatic heterocycles. The van der Waals surface area contributed by atoms with Crippen LogP contribution in [0.2, 0.25) is 0 Å². The van der Waals surface area contributed by atoms with Crippen LogP contribution in [0, 0.1) is 6.92 Å². The molecule has 0 fully saturated rings. The van der Waals surface area contributed by atoms with Crippen molar-refractivity contribution in [3.63, 3.8) is 0 Å². The largest absolute Gasteiger partial charge is 0.416 e. The van der Waals surface area contributed by atoms with Gasteiger partial charge in [0.05, 0.1) is 11.8 Å².